The van der Waals surface area contributed by atoms with Crippen LogP contribution in [0.3, 0.4) is 0 Å². The topological polar surface area (TPSA) is 88.6 Å². The first-order valence-corrected chi connectivity index (χ1v) is 16.3. The number of amides is 3. The fourth-order valence-electron chi connectivity index (χ4n) is 5.33. The number of carbonyl (C=O) groups excluding carboxylic acids is 3. The third-order valence-corrected chi connectivity index (χ3v) is 7.58. The van der Waals surface area contributed by atoms with E-state index in [0.29, 0.717) is 51.3 Å². The number of urea groups is 1. The molecule has 1 unspecified atom stereocenters. The highest BCUT2D eigenvalue weighted by atomic mass is 16.6. The van der Waals surface area contributed by atoms with Gasteiger partial charge in [-0.3, -0.25) is 14.6 Å². The fourth-order valence-corrected chi connectivity index (χ4v) is 5.33. The Morgan fingerprint density at radius 2 is 1.38 bits per heavy atom. The summed E-state index contributed by atoms with van der Waals surface area (Å²) in [5, 5.41) is 0. The summed E-state index contributed by atoms with van der Waals surface area (Å²) in [4.78, 5) is 44.4. The van der Waals surface area contributed by atoms with Crippen LogP contribution in [0.25, 0.3) is 0 Å². The first-order valence-electron chi connectivity index (χ1n) is 16.3. The van der Waals surface area contributed by atoms with Crippen LogP contribution in [0.15, 0.2) is 78.9 Å². The number of esters is 1. The Morgan fingerprint density at radius 1 is 0.787 bits per heavy atom. The van der Waals surface area contributed by atoms with Crippen LogP contribution in [-0.4, -0.2) is 60.9 Å². The van der Waals surface area contributed by atoms with E-state index in [1.54, 1.807) is 16.8 Å². The predicted molar refractivity (Wildman–Crippen MR) is 185 cm³/mol. The third-order valence-electron chi connectivity index (χ3n) is 7.58. The summed E-state index contributed by atoms with van der Waals surface area (Å²) < 4.78 is 17.2. The molecule has 0 radical (unpaired) electrons. The number of benzene rings is 3. The van der Waals surface area contributed by atoms with Crippen LogP contribution in [0.1, 0.15) is 65.5 Å². The molecule has 3 aromatic rings. The molecule has 4 rings (SSSR count). The molecule has 0 N–H and O–H groups in total. The van der Waals surface area contributed by atoms with E-state index in [4.69, 9.17) is 14.2 Å². The van der Waals surface area contributed by atoms with Crippen molar-refractivity contribution in [2.24, 2.45) is 5.92 Å². The second kappa shape index (κ2) is 15.4. The molecule has 3 aromatic carbocycles. The van der Waals surface area contributed by atoms with Gasteiger partial charge in [-0.2, -0.15) is 0 Å². The largest absolute Gasteiger partial charge is 0.489 e. The van der Waals surface area contributed by atoms with E-state index in [1.807, 2.05) is 120 Å². The molecule has 1 saturated heterocycles. The summed E-state index contributed by atoms with van der Waals surface area (Å²) in [5.41, 5.74) is 2.36. The Morgan fingerprint density at radius 3 is 2.02 bits per heavy atom. The lowest BCUT2D eigenvalue weighted by atomic mass is 9.94. The van der Waals surface area contributed by atoms with E-state index in [9.17, 15) is 14.4 Å². The molecule has 47 heavy (non-hydrogen) atoms. The summed E-state index contributed by atoms with van der Waals surface area (Å²) in [6, 6.07) is 25.2. The van der Waals surface area contributed by atoms with Gasteiger partial charge in [0.15, 0.2) is 0 Å². The van der Waals surface area contributed by atoms with Crippen molar-refractivity contribution in [1.82, 2.24) is 4.90 Å². The van der Waals surface area contributed by atoms with Gasteiger partial charge in [0.05, 0.1) is 5.92 Å². The van der Waals surface area contributed by atoms with Gasteiger partial charge in [-0.1, -0.05) is 48.5 Å². The molecule has 1 fully saturated rings. The minimum atomic E-state index is -0.625. The highest BCUT2D eigenvalue weighted by Gasteiger charge is 2.32. The van der Waals surface area contributed by atoms with Crippen LogP contribution in [0.2, 0.25) is 0 Å². The van der Waals surface area contributed by atoms with Crippen molar-refractivity contribution in [2.75, 3.05) is 36.5 Å². The van der Waals surface area contributed by atoms with Crippen molar-refractivity contribution < 1.29 is 28.6 Å². The smallest absolute Gasteiger partial charge is 0.410 e. The normalized spacial score (nSPS) is 14.1. The lowest BCUT2D eigenvalue weighted by molar-refractivity contribution is -0.160. The van der Waals surface area contributed by atoms with E-state index in [2.05, 4.69) is 0 Å². The number of rotatable bonds is 12. The van der Waals surface area contributed by atoms with Crippen molar-refractivity contribution in [1.29, 1.82) is 0 Å². The molecule has 9 heteroatoms. The van der Waals surface area contributed by atoms with Crippen LogP contribution in [0, 0.1) is 5.92 Å². The van der Waals surface area contributed by atoms with Gasteiger partial charge in [-0.25, -0.2) is 9.59 Å². The number of carbonyl (C=O) groups is 3. The van der Waals surface area contributed by atoms with E-state index >= 15 is 0 Å². The predicted octanol–water partition coefficient (Wildman–Crippen LogP) is 7.86. The van der Waals surface area contributed by atoms with Gasteiger partial charge < -0.3 is 19.1 Å². The maximum atomic E-state index is 13.6. The Hall–Kier alpha value is -4.53. The zero-order valence-electron chi connectivity index (χ0n) is 28.8. The molecule has 1 aliphatic rings. The first-order chi connectivity index (χ1) is 22.2. The molecule has 0 bridgehead atoms. The average molecular weight is 644 g/mol. The molecule has 0 aliphatic carbocycles. The van der Waals surface area contributed by atoms with Gasteiger partial charge in [0.2, 0.25) is 0 Å². The molecule has 0 saturated carbocycles. The molecular weight excluding hydrogens is 594 g/mol. The van der Waals surface area contributed by atoms with Gasteiger partial charge >= 0.3 is 18.1 Å². The van der Waals surface area contributed by atoms with Crippen molar-refractivity contribution in [3.05, 3.63) is 90.0 Å². The Bertz CT molecular complexity index is 1510. The van der Waals surface area contributed by atoms with Crippen LogP contribution in [-0.2, 0) is 27.3 Å². The second-order valence-corrected chi connectivity index (χ2v) is 14.0. The van der Waals surface area contributed by atoms with Crippen molar-refractivity contribution in [3.8, 4) is 5.75 Å². The van der Waals surface area contributed by atoms with Crippen LogP contribution in [0.4, 0.5) is 21.0 Å². The van der Waals surface area contributed by atoms with Crippen LogP contribution >= 0.6 is 0 Å². The molecule has 0 spiro atoms. The molecule has 1 aliphatic heterocycles. The maximum absolute atomic E-state index is 13.6. The lowest BCUT2D eigenvalue weighted by Gasteiger charge is -2.26. The van der Waals surface area contributed by atoms with E-state index in [-0.39, 0.29) is 12.0 Å². The Labute approximate surface area is 279 Å². The minimum absolute atomic E-state index is 0.115. The number of nitrogens with zero attached hydrogens (tertiary/aromatic N) is 3. The number of hydrogen-bond donors (Lipinski definition) is 0. The molecule has 1 heterocycles. The number of ether oxygens (including phenoxy) is 3. The number of hydrogen-bond acceptors (Lipinski definition) is 6. The second-order valence-electron chi connectivity index (χ2n) is 14.0. The lowest BCUT2D eigenvalue weighted by Crippen LogP contribution is -2.35. The molecule has 0 aromatic heterocycles. The van der Waals surface area contributed by atoms with E-state index < -0.39 is 23.2 Å². The SMILES string of the molecule is CN(CCCC(Cc1cccc(N2CCN(c3cccc(OCc4ccccc4)c3)C2=O)c1)C(=O)OC(C)(C)C)C(=O)OC(C)(C)C. The highest BCUT2D eigenvalue weighted by Crippen LogP contribution is 2.30. The van der Waals surface area contributed by atoms with Crippen LogP contribution < -0.4 is 14.5 Å². The van der Waals surface area contributed by atoms with Crippen molar-refractivity contribution >= 4 is 29.5 Å². The highest BCUT2D eigenvalue weighted by molar-refractivity contribution is 6.06. The standard InChI is InChI=1S/C38H49N3O6/c1-37(2,3)46-34(42)30(17-13-21-39(7)36(44)47-38(4,5)6)24-29-16-11-18-31(25-29)40-22-23-41(35(40)43)32-19-12-20-33(26-32)45-27-28-14-9-8-10-15-28/h8-12,14-16,18-20,25-26,30H,13,17,21-24,27H2,1-7H3. The zero-order chi connectivity index (χ0) is 34.2. The summed E-state index contributed by atoms with van der Waals surface area (Å²) in [7, 11) is 1.70. The zero-order valence-corrected chi connectivity index (χ0v) is 28.8. The third kappa shape index (κ3) is 10.8. The van der Waals surface area contributed by atoms with Gasteiger partial charge in [0.1, 0.15) is 23.6 Å². The van der Waals surface area contributed by atoms with Gasteiger partial charge in [0, 0.05) is 44.1 Å². The van der Waals surface area contributed by atoms with Gasteiger partial charge in [-0.15, -0.1) is 0 Å². The molecule has 1 atom stereocenters. The fraction of sp³-hybridized carbons (Fsp3) is 0.447. The van der Waals surface area contributed by atoms with Crippen molar-refractivity contribution in [3.63, 3.8) is 0 Å². The first kappa shape index (κ1) is 35.3. The number of anilines is 2. The van der Waals surface area contributed by atoms with Crippen molar-refractivity contribution in [2.45, 2.75) is 78.6 Å². The minimum Gasteiger partial charge on any atom is -0.489 e. The molecule has 252 valence electrons. The van der Waals surface area contributed by atoms with Crippen LogP contribution in [0.5, 0.6) is 5.75 Å². The van der Waals surface area contributed by atoms with Gasteiger partial charge in [-0.05, 0) is 96.2 Å². The van der Waals surface area contributed by atoms with E-state index in [1.165, 1.54) is 4.90 Å². The summed E-state index contributed by atoms with van der Waals surface area (Å²) >= 11 is 0. The average Bonchev–Trinajstić information content (AvgIpc) is 3.39. The molecular formula is C38H49N3O6. The maximum Gasteiger partial charge on any atom is 0.410 e. The quantitative estimate of drug-likeness (QED) is 0.187. The summed E-state index contributed by atoms with van der Waals surface area (Å²) in [6.45, 7) is 13.0. The summed E-state index contributed by atoms with van der Waals surface area (Å²) in [5.74, 6) is 0.00611. The van der Waals surface area contributed by atoms with E-state index in [0.717, 1.165) is 22.5 Å². The molecule has 3 amide bonds. The Balaban J connectivity index is 1.41. The van der Waals surface area contributed by atoms with Gasteiger partial charge in [0.25, 0.3) is 0 Å². The Kier molecular flexibility index (Phi) is 11.6. The summed E-state index contributed by atoms with van der Waals surface area (Å²) in [6.07, 6.45) is 1.19. The monoisotopic (exact) mass is 643 g/mol. The molecule has 9 nitrogen and oxygen atoms in total.